The minimum Gasteiger partial charge on any atom is -0.336 e. The second-order valence-electron chi connectivity index (χ2n) is 5.04. The van der Waals surface area contributed by atoms with Gasteiger partial charge in [0.2, 0.25) is 5.91 Å². The zero-order valence-corrected chi connectivity index (χ0v) is 11.2. The van der Waals surface area contributed by atoms with Crippen LogP contribution in [-0.4, -0.2) is 46.9 Å². The Morgan fingerprint density at radius 1 is 1.39 bits per heavy atom. The number of likely N-dealkylation sites (tertiary alicyclic amines) is 1. The summed E-state index contributed by atoms with van der Waals surface area (Å²) in [6.45, 7) is 4.52. The molecular formula is C14H21N3O. The van der Waals surface area contributed by atoms with E-state index in [0.717, 1.165) is 31.5 Å². The van der Waals surface area contributed by atoms with E-state index in [2.05, 4.69) is 16.9 Å². The highest BCUT2D eigenvalue weighted by molar-refractivity contribution is 5.73. The van der Waals surface area contributed by atoms with Crippen LogP contribution in [0, 0.1) is 0 Å². The predicted octanol–water partition coefficient (Wildman–Crippen LogP) is 1.52. The Labute approximate surface area is 109 Å². The smallest absolute Gasteiger partial charge is 0.219 e. The van der Waals surface area contributed by atoms with Gasteiger partial charge in [0.15, 0.2) is 0 Å². The van der Waals surface area contributed by atoms with Gasteiger partial charge in [0.25, 0.3) is 0 Å². The van der Waals surface area contributed by atoms with Crippen LogP contribution in [0.2, 0.25) is 0 Å². The van der Waals surface area contributed by atoms with Crippen LogP contribution >= 0.6 is 0 Å². The van der Waals surface area contributed by atoms with Gasteiger partial charge in [-0.05, 0) is 50.7 Å². The maximum Gasteiger partial charge on any atom is 0.219 e. The Morgan fingerprint density at radius 3 is 2.56 bits per heavy atom. The quantitative estimate of drug-likeness (QED) is 0.812. The summed E-state index contributed by atoms with van der Waals surface area (Å²) in [4.78, 5) is 20.2. The van der Waals surface area contributed by atoms with Crippen LogP contribution in [0.1, 0.15) is 25.3 Å². The van der Waals surface area contributed by atoms with Crippen molar-refractivity contribution in [2.45, 2.75) is 32.4 Å². The van der Waals surface area contributed by atoms with E-state index in [1.165, 1.54) is 0 Å². The van der Waals surface area contributed by atoms with E-state index in [-0.39, 0.29) is 5.91 Å². The largest absolute Gasteiger partial charge is 0.336 e. The zero-order chi connectivity index (χ0) is 13.0. The van der Waals surface area contributed by atoms with Gasteiger partial charge in [0.05, 0.1) is 0 Å². The van der Waals surface area contributed by atoms with Crippen molar-refractivity contribution in [1.29, 1.82) is 0 Å². The molecule has 0 N–H and O–H groups in total. The van der Waals surface area contributed by atoms with Gasteiger partial charge in [-0.2, -0.15) is 0 Å². The fourth-order valence-electron chi connectivity index (χ4n) is 2.49. The molecule has 18 heavy (non-hydrogen) atoms. The highest BCUT2D eigenvalue weighted by Gasteiger charge is 2.24. The van der Waals surface area contributed by atoms with Crippen LogP contribution in [0.3, 0.4) is 0 Å². The molecule has 0 aliphatic carbocycles. The molecule has 2 heterocycles. The summed E-state index contributed by atoms with van der Waals surface area (Å²) in [6.07, 6.45) is 5.70. The molecule has 1 amide bonds. The molecule has 0 aromatic carbocycles. The number of amides is 1. The van der Waals surface area contributed by atoms with Gasteiger partial charge in [-0.25, -0.2) is 0 Å². The molecule has 0 saturated carbocycles. The highest BCUT2D eigenvalue weighted by atomic mass is 16.2. The lowest BCUT2D eigenvalue weighted by molar-refractivity contribution is -0.132. The second-order valence-corrected chi connectivity index (χ2v) is 5.04. The summed E-state index contributed by atoms with van der Waals surface area (Å²) >= 11 is 0. The molecule has 4 heteroatoms. The van der Waals surface area contributed by atoms with Crippen LogP contribution in [0.25, 0.3) is 0 Å². The first-order valence-corrected chi connectivity index (χ1v) is 6.51. The monoisotopic (exact) mass is 247 g/mol. The van der Waals surface area contributed by atoms with Crippen molar-refractivity contribution in [2.24, 2.45) is 0 Å². The topological polar surface area (TPSA) is 36.4 Å². The molecule has 1 aliphatic heterocycles. The lowest BCUT2D eigenvalue weighted by Gasteiger charge is -2.37. The van der Waals surface area contributed by atoms with E-state index < -0.39 is 0 Å². The van der Waals surface area contributed by atoms with Crippen molar-refractivity contribution in [3.8, 4) is 0 Å². The molecule has 0 bridgehead atoms. The molecule has 98 valence electrons. The molecule has 1 saturated heterocycles. The van der Waals surface area contributed by atoms with Crippen molar-refractivity contribution in [3.05, 3.63) is 30.1 Å². The maximum absolute atomic E-state index is 11.8. The molecule has 1 aromatic rings. The number of hydrogen-bond donors (Lipinski definition) is 0. The highest BCUT2D eigenvalue weighted by Crippen LogP contribution is 2.18. The van der Waals surface area contributed by atoms with Gasteiger partial charge in [0.1, 0.15) is 0 Å². The summed E-state index contributed by atoms with van der Waals surface area (Å²) in [5, 5.41) is 0. The van der Waals surface area contributed by atoms with Crippen molar-refractivity contribution in [2.75, 3.05) is 20.1 Å². The van der Waals surface area contributed by atoms with E-state index in [1.54, 1.807) is 19.3 Å². The van der Waals surface area contributed by atoms with Crippen LogP contribution < -0.4 is 0 Å². The molecule has 0 unspecified atom stereocenters. The average molecular weight is 247 g/mol. The first-order valence-electron chi connectivity index (χ1n) is 6.51. The first kappa shape index (κ1) is 13.0. The number of hydrogen-bond acceptors (Lipinski definition) is 3. The minimum absolute atomic E-state index is 0.168. The molecule has 0 radical (unpaired) electrons. The van der Waals surface area contributed by atoms with Crippen molar-refractivity contribution >= 4 is 5.91 Å². The molecular weight excluding hydrogens is 226 g/mol. The number of rotatable bonds is 3. The molecule has 0 spiro atoms. The van der Waals surface area contributed by atoms with Gasteiger partial charge >= 0.3 is 0 Å². The molecule has 2 rings (SSSR count). The second kappa shape index (κ2) is 5.96. The Kier molecular flexibility index (Phi) is 4.31. The molecule has 0 atom stereocenters. The molecule has 1 aromatic heterocycles. The summed E-state index contributed by atoms with van der Waals surface area (Å²) in [5.74, 6) is 0.168. The Morgan fingerprint density at radius 2 is 2.00 bits per heavy atom. The van der Waals surface area contributed by atoms with E-state index >= 15 is 0 Å². The SMILES string of the molecule is CC(=O)N(Cc1ccncc1)C1CCN(C)CC1. The summed E-state index contributed by atoms with van der Waals surface area (Å²) in [6, 6.07) is 4.34. The van der Waals surface area contributed by atoms with E-state index in [0.29, 0.717) is 12.6 Å². The third kappa shape index (κ3) is 3.29. The number of nitrogens with zero attached hydrogens (tertiary/aromatic N) is 3. The van der Waals surface area contributed by atoms with Gasteiger partial charge < -0.3 is 9.80 Å². The lowest BCUT2D eigenvalue weighted by atomic mass is 10.0. The zero-order valence-electron chi connectivity index (χ0n) is 11.2. The molecule has 1 fully saturated rings. The maximum atomic E-state index is 11.8. The minimum atomic E-state index is 0.168. The van der Waals surface area contributed by atoms with Gasteiger partial charge in [0, 0.05) is 31.9 Å². The number of pyridine rings is 1. The number of carbonyl (C=O) groups is 1. The number of aromatic nitrogens is 1. The predicted molar refractivity (Wildman–Crippen MR) is 71.0 cm³/mol. The summed E-state index contributed by atoms with van der Waals surface area (Å²) < 4.78 is 0. The van der Waals surface area contributed by atoms with Crippen LogP contribution in [0.15, 0.2) is 24.5 Å². The van der Waals surface area contributed by atoms with Crippen LogP contribution in [0.5, 0.6) is 0 Å². The van der Waals surface area contributed by atoms with Crippen molar-refractivity contribution < 1.29 is 4.79 Å². The van der Waals surface area contributed by atoms with Gasteiger partial charge in [-0.15, -0.1) is 0 Å². The summed E-state index contributed by atoms with van der Waals surface area (Å²) in [7, 11) is 2.14. The normalized spacial score (nSPS) is 17.7. The van der Waals surface area contributed by atoms with E-state index in [4.69, 9.17) is 0 Å². The first-order chi connectivity index (χ1) is 8.66. The fraction of sp³-hybridized carbons (Fsp3) is 0.571. The van der Waals surface area contributed by atoms with Crippen molar-refractivity contribution in [1.82, 2.24) is 14.8 Å². The Balaban J connectivity index is 2.02. The molecule has 4 nitrogen and oxygen atoms in total. The van der Waals surface area contributed by atoms with Crippen LogP contribution in [-0.2, 0) is 11.3 Å². The lowest BCUT2D eigenvalue weighted by Crippen LogP contribution is -2.45. The average Bonchev–Trinajstić information content (AvgIpc) is 2.38. The van der Waals surface area contributed by atoms with E-state index in [9.17, 15) is 4.79 Å². The number of piperidine rings is 1. The van der Waals surface area contributed by atoms with Crippen molar-refractivity contribution in [3.63, 3.8) is 0 Å². The number of carbonyl (C=O) groups excluding carboxylic acids is 1. The molecule has 1 aliphatic rings. The fourth-order valence-corrected chi connectivity index (χ4v) is 2.49. The van der Waals surface area contributed by atoms with E-state index in [1.807, 2.05) is 17.0 Å². The Hall–Kier alpha value is -1.42. The Bertz CT molecular complexity index is 385. The standard InChI is InChI=1S/C14H21N3O/c1-12(18)17(11-13-3-7-15-8-4-13)14-5-9-16(2)10-6-14/h3-4,7-8,14H,5-6,9-11H2,1-2H3. The van der Waals surface area contributed by atoms with Gasteiger partial charge in [-0.1, -0.05) is 0 Å². The summed E-state index contributed by atoms with van der Waals surface area (Å²) in [5.41, 5.74) is 1.15. The van der Waals surface area contributed by atoms with Crippen LogP contribution in [0.4, 0.5) is 0 Å². The third-order valence-electron chi connectivity index (χ3n) is 3.64. The van der Waals surface area contributed by atoms with Gasteiger partial charge in [-0.3, -0.25) is 9.78 Å². The third-order valence-corrected chi connectivity index (χ3v) is 3.64.